The highest BCUT2D eigenvalue weighted by Gasteiger charge is 2.32. The average Bonchev–Trinajstić information content (AvgIpc) is 1.69. The smallest absolute Gasteiger partial charge is 0.195 e. The van der Waals surface area contributed by atoms with Crippen LogP contribution in [-0.4, -0.2) is 32.6 Å². The van der Waals surface area contributed by atoms with E-state index in [0.717, 1.165) is 85.6 Å². The zero-order valence-electron chi connectivity index (χ0n) is 51.1. The minimum absolute atomic E-state index is 0.00957. The van der Waals surface area contributed by atoms with E-state index in [1.807, 2.05) is 48.7 Å². The van der Waals surface area contributed by atoms with Crippen molar-refractivity contribution in [1.82, 2.24) is 9.13 Å². The first-order valence-corrected chi connectivity index (χ1v) is 29.6. The van der Waals surface area contributed by atoms with Crippen molar-refractivity contribution < 1.29 is 37.2 Å². The lowest BCUT2D eigenvalue weighted by Gasteiger charge is -2.32. The fraction of sp³-hybridized carbons (Fsp3) is 0.351. The van der Waals surface area contributed by atoms with Gasteiger partial charge in [0.15, 0.2) is 17.5 Å². The maximum absolute atomic E-state index is 16.7. The summed E-state index contributed by atoms with van der Waals surface area (Å²) < 4.78 is 80.7. The summed E-state index contributed by atoms with van der Waals surface area (Å²) in [6.07, 6.45) is 3.24. The normalized spacial score (nSPS) is 15.5. The first-order valence-electron chi connectivity index (χ1n) is 29.6. The molecule has 1 aliphatic rings. The largest absolute Gasteiger partial charge is 0.505 e. The van der Waals surface area contributed by atoms with E-state index in [4.69, 9.17) is 9.47 Å². The number of nitrogens with zero attached hydrogens (tertiary/aromatic N) is 2. The molecule has 2 N–H and O–H groups in total. The lowest BCUT2D eigenvalue weighted by atomic mass is 9.80. The number of hydrogen-bond donors (Lipinski definition) is 2. The van der Waals surface area contributed by atoms with Crippen LogP contribution in [0, 0.1) is 49.0 Å². The number of phenolic OH excluding ortho intramolecular Hbond substituents is 2. The van der Waals surface area contributed by atoms with E-state index >= 15 is 17.6 Å². The Morgan fingerprint density at radius 1 is 0.429 bits per heavy atom. The van der Waals surface area contributed by atoms with Gasteiger partial charge in [-0.15, -0.1) is 0 Å². The lowest BCUT2D eigenvalue weighted by Crippen LogP contribution is -2.30. The Kier molecular flexibility index (Phi) is 14.6. The van der Waals surface area contributed by atoms with Gasteiger partial charge in [-0.3, -0.25) is 0 Å². The van der Waals surface area contributed by atoms with Gasteiger partial charge in [-0.05, 0) is 185 Å². The van der Waals surface area contributed by atoms with Crippen LogP contribution in [0.5, 0.6) is 23.0 Å². The molecule has 0 bridgehead atoms. The van der Waals surface area contributed by atoms with E-state index in [2.05, 4.69) is 148 Å². The van der Waals surface area contributed by atoms with Crippen LogP contribution in [0.3, 0.4) is 0 Å². The molecule has 11 rings (SSSR count). The average molecular weight is 1140 g/mol. The van der Waals surface area contributed by atoms with Crippen LogP contribution >= 0.6 is 0 Å². The first kappa shape index (κ1) is 58.1. The topological polar surface area (TPSA) is 68.8 Å². The molecule has 1 saturated carbocycles. The number of phenols is 2. The molecule has 2 atom stereocenters. The Bertz CT molecular complexity index is 4110. The number of fused-ring (bicyclic) bond motifs is 6. The van der Waals surface area contributed by atoms with E-state index in [9.17, 15) is 10.2 Å². The molecule has 10 aromatic rings. The fourth-order valence-corrected chi connectivity index (χ4v) is 12.6. The molecular formula is C74H78F4N2O4. The molecule has 436 valence electrons. The number of hydrogen-bond acceptors (Lipinski definition) is 4. The molecule has 0 aliphatic heterocycles. The van der Waals surface area contributed by atoms with Gasteiger partial charge in [0, 0.05) is 44.3 Å². The number of ether oxygens (including phenoxy) is 2. The van der Waals surface area contributed by atoms with Crippen LogP contribution in [0.15, 0.2) is 121 Å². The predicted molar refractivity (Wildman–Crippen MR) is 336 cm³/mol. The maximum Gasteiger partial charge on any atom is 0.195 e. The maximum atomic E-state index is 16.7. The van der Waals surface area contributed by atoms with E-state index in [1.54, 1.807) is 12.1 Å². The molecular weight excluding hydrogens is 1060 g/mol. The Morgan fingerprint density at radius 3 is 1.21 bits per heavy atom. The predicted octanol–water partition coefficient (Wildman–Crippen LogP) is 20.3. The van der Waals surface area contributed by atoms with Crippen molar-refractivity contribution in [3.8, 4) is 56.6 Å². The van der Waals surface area contributed by atoms with E-state index < -0.39 is 23.3 Å². The third-order valence-electron chi connectivity index (χ3n) is 17.5. The van der Waals surface area contributed by atoms with Gasteiger partial charge in [-0.1, -0.05) is 120 Å². The molecule has 6 nitrogen and oxygen atoms in total. The first-order chi connectivity index (χ1) is 39.5. The standard InChI is InChI=1S/C74H78F4N2O4/c1-41-29-55(69(81)62(31-41)79-58-24-19-45(71(3,4)5)33-50(58)51-34-46(72(6,7)8)20-25-59(51)79)54-37-49(75)23-28-64(54)83-39-43-17-15-16-18-44(43)40-84-65-38-57(76)67(77)68(78)66(65)56-30-42(2)32-63(70(56)82)80-60-26-21-47(73(9,10)11)35-52(60)53-36-48(74(12,13)14)22-27-61(53)80/h19-38,43-44,81-82H,15-18,39-40H2,1-14H3/t43?,44-/m1/s1. The highest BCUT2D eigenvalue weighted by atomic mass is 19.2. The zero-order chi connectivity index (χ0) is 60.3. The number of halogens is 4. The van der Waals surface area contributed by atoms with Crippen LogP contribution in [0.2, 0.25) is 0 Å². The molecule has 0 saturated heterocycles. The minimum Gasteiger partial charge on any atom is -0.505 e. The summed E-state index contributed by atoms with van der Waals surface area (Å²) in [7, 11) is 0. The van der Waals surface area contributed by atoms with Gasteiger partial charge >= 0.3 is 0 Å². The minimum atomic E-state index is -1.67. The number of rotatable bonds is 10. The number of aromatic nitrogens is 2. The van der Waals surface area contributed by atoms with Crippen LogP contribution in [0.4, 0.5) is 17.6 Å². The fourth-order valence-electron chi connectivity index (χ4n) is 12.6. The van der Waals surface area contributed by atoms with E-state index in [-0.39, 0.29) is 75.1 Å². The quantitative estimate of drug-likeness (QED) is 0.106. The molecule has 84 heavy (non-hydrogen) atoms. The van der Waals surface area contributed by atoms with Gasteiger partial charge in [0.05, 0.1) is 52.2 Å². The van der Waals surface area contributed by atoms with Crippen molar-refractivity contribution in [2.45, 2.75) is 144 Å². The van der Waals surface area contributed by atoms with Crippen molar-refractivity contribution in [3.63, 3.8) is 0 Å². The third kappa shape index (κ3) is 10.6. The Balaban J connectivity index is 0.924. The second-order valence-electron chi connectivity index (χ2n) is 27.9. The summed E-state index contributed by atoms with van der Waals surface area (Å²) in [5.74, 6) is -5.55. The number of aryl methyl sites for hydroxylation is 2. The monoisotopic (exact) mass is 1130 g/mol. The van der Waals surface area contributed by atoms with Crippen LogP contribution in [0.1, 0.15) is 142 Å². The van der Waals surface area contributed by atoms with E-state index in [1.165, 1.54) is 23.3 Å². The van der Waals surface area contributed by atoms with Crippen LogP contribution < -0.4 is 9.47 Å². The van der Waals surface area contributed by atoms with Crippen molar-refractivity contribution >= 4 is 43.6 Å². The van der Waals surface area contributed by atoms with Crippen molar-refractivity contribution in [2.75, 3.05) is 13.2 Å². The summed E-state index contributed by atoms with van der Waals surface area (Å²) in [5, 5.41) is 29.2. The second kappa shape index (κ2) is 21.1. The number of benzene rings is 8. The van der Waals surface area contributed by atoms with E-state index in [0.29, 0.717) is 40.2 Å². The highest BCUT2D eigenvalue weighted by molar-refractivity contribution is 6.11. The molecule has 8 aromatic carbocycles. The SMILES string of the molecule is Cc1cc(-c2cc(F)ccc2OCC2CCCC[C@@H]2COc2cc(F)c(F)c(F)c2-c2cc(C)cc(-n3c4ccc(C(C)(C)C)cc4c4cc(C(C)(C)C)ccc43)c2O)c(O)c(-n2c3ccc(C(C)(C)C)cc3c3cc(C(C)(C)C)ccc32)c1. The van der Waals surface area contributed by atoms with Crippen molar-refractivity contribution in [2.24, 2.45) is 11.8 Å². The van der Waals surface area contributed by atoms with Gasteiger partial charge in [0.1, 0.15) is 28.8 Å². The van der Waals surface area contributed by atoms with Gasteiger partial charge in [0.2, 0.25) is 0 Å². The zero-order valence-corrected chi connectivity index (χ0v) is 51.1. The lowest BCUT2D eigenvalue weighted by molar-refractivity contribution is 0.105. The molecule has 2 heterocycles. The Labute approximate surface area is 491 Å². The molecule has 1 unspecified atom stereocenters. The summed E-state index contributed by atoms with van der Waals surface area (Å²) in [4.78, 5) is 0. The van der Waals surface area contributed by atoms with Crippen molar-refractivity contribution in [1.29, 1.82) is 0 Å². The molecule has 10 heteroatoms. The molecule has 1 aliphatic carbocycles. The van der Waals surface area contributed by atoms with Gasteiger partial charge < -0.3 is 28.8 Å². The Hall–Kier alpha value is -7.72. The molecule has 0 radical (unpaired) electrons. The van der Waals surface area contributed by atoms with Gasteiger partial charge in [-0.2, -0.15) is 0 Å². The molecule has 2 aromatic heterocycles. The van der Waals surface area contributed by atoms with Gasteiger partial charge in [-0.25, -0.2) is 17.6 Å². The second-order valence-corrected chi connectivity index (χ2v) is 27.9. The Morgan fingerprint density at radius 2 is 0.810 bits per heavy atom. The third-order valence-corrected chi connectivity index (χ3v) is 17.5. The summed E-state index contributed by atoms with van der Waals surface area (Å²) in [5.41, 5.74) is 10.4. The molecule has 0 amide bonds. The number of aromatic hydroxyl groups is 2. The summed E-state index contributed by atoms with van der Waals surface area (Å²) in [6, 6.07) is 38.1. The highest BCUT2D eigenvalue weighted by Crippen LogP contribution is 2.49. The van der Waals surface area contributed by atoms with Crippen molar-refractivity contribution in [3.05, 3.63) is 178 Å². The summed E-state index contributed by atoms with van der Waals surface area (Å²) >= 11 is 0. The van der Waals surface area contributed by atoms with Crippen LogP contribution in [-0.2, 0) is 21.7 Å². The van der Waals surface area contributed by atoms with Gasteiger partial charge in [0.25, 0.3) is 0 Å². The molecule has 1 fully saturated rings. The van der Waals surface area contributed by atoms with Crippen LogP contribution in [0.25, 0.3) is 77.2 Å². The molecule has 0 spiro atoms. The summed E-state index contributed by atoms with van der Waals surface area (Å²) in [6.45, 7) is 30.2.